The molecule has 8 nitrogen and oxygen atoms in total. The van der Waals surface area contributed by atoms with Gasteiger partial charge in [-0.1, -0.05) is 36.4 Å². The third-order valence-electron chi connectivity index (χ3n) is 3.93. The highest BCUT2D eigenvalue weighted by atomic mass is 32.4. The highest BCUT2D eigenvalue weighted by Crippen LogP contribution is 2.54. The molecule has 0 saturated heterocycles. The van der Waals surface area contributed by atoms with Crippen molar-refractivity contribution in [3.63, 3.8) is 0 Å². The van der Waals surface area contributed by atoms with Crippen LogP contribution in [0, 0.1) is 0 Å². The van der Waals surface area contributed by atoms with Crippen LogP contribution in [0.4, 0.5) is 24.5 Å². The number of hydrazine groups is 2. The fourth-order valence-electron chi connectivity index (χ4n) is 2.51. The van der Waals surface area contributed by atoms with E-state index in [1.165, 1.54) is 0 Å². The Kier molecular flexibility index (Phi) is 7.43. The lowest BCUT2D eigenvalue weighted by atomic mass is 10.3. The van der Waals surface area contributed by atoms with Crippen molar-refractivity contribution in [2.45, 2.75) is 6.18 Å². The van der Waals surface area contributed by atoms with E-state index >= 15 is 0 Å². The topological polar surface area (TPSA) is 116 Å². The van der Waals surface area contributed by atoms with E-state index in [4.69, 9.17) is 28.6 Å². The highest BCUT2D eigenvalue weighted by molar-refractivity contribution is 8.15. The molecule has 0 aliphatic rings. The van der Waals surface area contributed by atoms with Gasteiger partial charge in [0.15, 0.2) is 6.34 Å². The summed E-state index contributed by atoms with van der Waals surface area (Å²) in [7, 11) is 0. The van der Waals surface area contributed by atoms with Gasteiger partial charge in [0.25, 0.3) is 0 Å². The number of carboxylic acids is 1. The standard InChI is InChI=1S/C17H19F3N5O3PS/c18-17(19,20)16(28)23(11-15(26)27)12-29(30,24(21)13-7-3-1-4-8-13)25(22)14-9-5-2-6-10-14/h1-10H,11-12,21-22H2,(H,26,27). The smallest absolute Gasteiger partial charge is 0.471 e. The SMILES string of the molecule is NN(c1ccccc1)P(=S)(CN(CC(=O)O)C(=O)C(F)(F)F)N(N)c1ccccc1. The van der Waals surface area contributed by atoms with Crippen LogP contribution in [0.5, 0.6) is 0 Å². The molecule has 162 valence electrons. The maximum Gasteiger partial charge on any atom is 0.471 e. The summed E-state index contributed by atoms with van der Waals surface area (Å²) in [5.41, 5.74) is 0.670. The molecule has 0 saturated carbocycles. The molecule has 2 rings (SSSR count). The fourth-order valence-corrected chi connectivity index (χ4v) is 5.64. The number of nitrogens with two attached hydrogens (primary N) is 2. The van der Waals surface area contributed by atoms with Crippen molar-refractivity contribution in [3.05, 3.63) is 60.7 Å². The summed E-state index contributed by atoms with van der Waals surface area (Å²) in [5, 5.41) is 9.03. The van der Waals surface area contributed by atoms with Gasteiger partial charge in [-0.3, -0.25) is 19.1 Å². The van der Waals surface area contributed by atoms with Gasteiger partial charge < -0.3 is 10.0 Å². The maximum atomic E-state index is 13.1. The zero-order chi connectivity index (χ0) is 22.5. The summed E-state index contributed by atoms with van der Waals surface area (Å²) < 4.78 is 41.3. The molecule has 30 heavy (non-hydrogen) atoms. The number of alkyl halides is 3. The minimum absolute atomic E-state index is 0.106. The largest absolute Gasteiger partial charge is 0.480 e. The number of nitrogens with zero attached hydrogens (tertiary/aromatic N) is 3. The van der Waals surface area contributed by atoms with E-state index in [0.29, 0.717) is 11.4 Å². The van der Waals surface area contributed by atoms with Crippen LogP contribution in [0.25, 0.3) is 0 Å². The van der Waals surface area contributed by atoms with Crippen molar-refractivity contribution in [2.75, 3.05) is 22.4 Å². The molecular weight excluding hydrogens is 442 g/mol. The van der Waals surface area contributed by atoms with E-state index in [9.17, 15) is 22.8 Å². The maximum absolute atomic E-state index is 13.1. The molecule has 0 aliphatic carbocycles. The summed E-state index contributed by atoms with van der Waals surface area (Å²) in [4.78, 5) is 23.1. The van der Waals surface area contributed by atoms with Crippen molar-refractivity contribution < 1.29 is 27.9 Å². The van der Waals surface area contributed by atoms with Gasteiger partial charge in [0.05, 0.1) is 17.7 Å². The third kappa shape index (κ3) is 5.48. The molecule has 0 aliphatic heterocycles. The summed E-state index contributed by atoms with van der Waals surface area (Å²) in [6.07, 6.45) is -9.71. The molecule has 0 aromatic heterocycles. The Hall–Kier alpha value is -2.66. The van der Waals surface area contributed by atoms with Crippen LogP contribution in [-0.4, -0.2) is 40.9 Å². The zero-order valence-electron chi connectivity index (χ0n) is 15.4. The molecule has 0 unspecified atom stereocenters. The number of hydrogen-bond acceptors (Lipinski definition) is 5. The lowest BCUT2D eigenvalue weighted by Gasteiger charge is -2.42. The molecule has 13 heteroatoms. The first-order valence-corrected chi connectivity index (χ1v) is 11.2. The fraction of sp³-hybridized carbons (Fsp3) is 0.176. The van der Waals surface area contributed by atoms with Crippen LogP contribution < -0.4 is 21.2 Å². The van der Waals surface area contributed by atoms with Gasteiger partial charge in [-0.05, 0) is 36.1 Å². The highest BCUT2D eigenvalue weighted by Gasteiger charge is 2.46. The number of carboxylic acid groups (broad SMARTS) is 1. The van der Waals surface area contributed by atoms with Gasteiger partial charge in [-0.2, -0.15) is 13.2 Å². The Bertz CT molecular complexity index is 884. The average Bonchev–Trinajstić information content (AvgIpc) is 2.71. The van der Waals surface area contributed by atoms with Crippen molar-refractivity contribution in [2.24, 2.45) is 11.7 Å². The van der Waals surface area contributed by atoms with E-state index in [0.717, 1.165) is 9.56 Å². The van der Waals surface area contributed by atoms with Crippen LogP contribution in [-0.2, 0) is 21.4 Å². The molecule has 0 spiro atoms. The van der Waals surface area contributed by atoms with Crippen LogP contribution in [0.1, 0.15) is 0 Å². The second-order valence-corrected chi connectivity index (χ2v) is 10.3. The van der Waals surface area contributed by atoms with Crippen molar-refractivity contribution in [3.8, 4) is 0 Å². The molecule has 1 amide bonds. The molecule has 0 heterocycles. The second kappa shape index (κ2) is 9.43. The van der Waals surface area contributed by atoms with Crippen LogP contribution in [0.3, 0.4) is 0 Å². The van der Waals surface area contributed by atoms with Crippen molar-refractivity contribution >= 4 is 41.4 Å². The Morgan fingerprint density at radius 2 is 1.33 bits per heavy atom. The van der Waals surface area contributed by atoms with E-state index < -0.39 is 37.2 Å². The lowest BCUT2D eigenvalue weighted by Crippen LogP contribution is -2.49. The van der Waals surface area contributed by atoms with Gasteiger partial charge in [0, 0.05) is 0 Å². The van der Waals surface area contributed by atoms with E-state index in [2.05, 4.69) is 0 Å². The first-order chi connectivity index (χ1) is 14.0. The van der Waals surface area contributed by atoms with Gasteiger partial charge in [-0.15, -0.1) is 0 Å². The molecule has 2 aromatic rings. The summed E-state index contributed by atoms with van der Waals surface area (Å²) in [5.74, 6) is 8.40. The first-order valence-electron chi connectivity index (χ1n) is 8.34. The van der Waals surface area contributed by atoms with Crippen LogP contribution in [0.15, 0.2) is 60.7 Å². The number of para-hydroxylation sites is 2. The number of halogens is 3. The first kappa shape index (κ1) is 23.6. The number of anilines is 2. The van der Waals surface area contributed by atoms with Crippen molar-refractivity contribution in [1.82, 2.24) is 4.90 Å². The Morgan fingerprint density at radius 3 is 1.67 bits per heavy atom. The van der Waals surface area contributed by atoms with Gasteiger partial charge in [0.2, 0.25) is 0 Å². The van der Waals surface area contributed by atoms with Gasteiger partial charge >= 0.3 is 18.1 Å². The minimum atomic E-state index is -5.30. The van der Waals surface area contributed by atoms with Crippen LogP contribution >= 0.6 is 6.34 Å². The molecule has 0 fully saturated rings. The van der Waals surface area contributed by atoms with E-state index in [-0.39, 0.29) is 4.90 Å². The molecule has 0 bridgehead atoms. The zero-order valence-corrected chi connectivity index (χ0v) is 17.1. The lowest BCUT2D eigenvalue weighted by molar-refractivity contribution is -0.185. The molecule has 0 atom stereocenters. The number of rotatable bonds is 8. The quantitative estimate of drug-likeness (QED) is 0.312. The number of carbonyl (C=O) groups excluding carboxylic acids is 1. The number of benzene rings is 2. The summed E-state index contributed by atoms with van der Waals surface area (Å²) >= 11 is 5.64. The van der Waals surface area contributed by atoms with Crippen molar-refractivity contribution in [1.29, 1.82) is 0 Å². The molecular formula is C17H19F3N5O3PS. The minimum Gasteiger partial charge on any atom is -0.480 e. The number of aliphatic carboxylic acids is 1. The Balaban J connectivity index is 2.55. The second-order valence-electron chi connectivity index (χ2n) is 6.06. The number of carbonyl (C=O) groups is 2. The van der Waals surface area contributed by atoms with E-state index in [1.807, 2.05) is 0 Å². The molecule has 5 N–H and O–H groups in total. The predicted molar refractivity (Wildman–Crippen MR) is 111 cm³/mol. The predicted octanol–water partition coefficient (Wildman–Crippen LogP) is 2.49. The van der Waals surface area contributed by atoms with Gasteiger partial charge in [-0.25, -0.2) is 11.7 Å². The van der Waals surface area contributed by atoms with Gasteiger partial charge in [0.1, 0.15) is 6.54 Å². The molecule has 0 radical (unpaired) electrons. The molecule has 2 aromatic carbocycles. The van der Waals surface area contributed by atoms with E-state index in [1.54, 1.807) is 60.7 Å². The Labute approximate surface area is 175 Å². The Morgan fingerprint density at radius 1 is 0.933 bits per heavy atom. The monoisotopic (exact) mass is 461 g/mol. The average molecular weight is 461 g/mol. The summed E-state index contributed by atoms with van der Waals surface area (Å²) in [6, 6.07) is 16.2. The normalized spacial score (nSPS) is 11.6. The van der Waals surface area contributed by atoms with Crippen LogP contribution in [0.2, 0.25) is 0 Å². The third-order valence-corrected chi connectivity index (χ3v) is 7.85. The number of hydrogen-bond donors (Lipinski definition) is 3. The summed E-state index contributed by atoms with van der Waals surface area (Å²) in [6.45, 7) is -1.22. The number of amides is 1.